The van der Waals surface area contributed by atoms with Gasteiger partial charge in [-0.05, 0) is 24.5 Å². The Morgan fingerprint density at radius 2 is 2.10 bits per heavy atom. The topological polar surface area (TPSA) is 128 Å². The molecule has 1 aliphatic carbocycles. The van der Waals surface area contributed by atoms with Crippen molar-refractivity contribution in [1.82, 2.24) is 14.8 Å². The highest BCUT2D eigenvalue weighted by Crippen LogP contribution is 2.32. The average Bonchev–Trinajstić information content (AvgIpc) is 3.40. The first-order valence-corrected chi connectivity index (χ1v) is 9.71. The van der Waals surface area contributed by atoms with Gasteiger partial charge in [0.05, 0.1) is 12.5 Å². The average molecular weight is 403 g/mol. The van der Waals surface area contributed by atoms with Gasteiger partial charge in [-0.2, -0.15) is 14.8 Å². The van der Waals surface area contributed by atoms with Crippen LogP contribution in [-0.2, 0) is 14.4 Å². The standard InChI is InChI=1S/C19H25N5O5/c25-13-22(28)12-15(11-14-5-1-2-6-14)19(27)24-16(8-9-20-24)18(26)21-17-7-3-4-10-23(17)29/h3-4,7,9-10,13-16,28-29H,1-2,5-6,8,11-12H2/t15-,16+/m1/s1. The molecule has 1 saturated carbocycles. The number of rotatable bonds is 7. The molecule has 2 aliphatic rings. The molecule has 156 valence electrons. The summed E-state index contributed by atoms with van der Waals surface area (Å²) in [5.41, 5.74) is 0.0433. The SMILES string of the molecule is O=CN(O)C[C@@H](CC1CCCC1)C(=O)N1N=CC[C@H]1C(=O)N=c1ccccn1O. The lowest BCUT2D eigenvalue weighted by Gasteiger charge is -2.27. The molecule has 1 aromatic rings. The molecule has 2 N–H and O–H groups in total. The van der Waals surface area contributed by atoms with E-state index in [9.17, 15) is 24.8 Å². The van der Waals surface area contributed by atoms with Crippen molar-refractivity contribution in [2.45, 2.75) is 44.6 Å². The lowest BCUT2D eigenvalue weighted by molar-refractivity contribution is -0.158. The summed E-state index contributed by atoms with van der Waals surface area (Å²) in [7, 11) is 0. The van der Waals surface area contributed by atoms with E-state index in [0.29, 0.717) is 17.4 Å². The van der Waals surface area contributed by atoms with Crippen LogP contribution in [0.25, 0.3) is 0 Å². The number of amides is 3. The van der Waals surface area contributed by atoms with Crippen molar-refractivity contribution in [3.05, 3.63) is 29.9 Å². The van der Waals surface area contributed by atoms with E-state index in [1.807, 2.05) is 0 Å². The zero-order valence-corrected chi connectivity index (χ0v) is 16.0. The van der Waals surface area contributed by atoms with E-state index in [4.69, 9.17) is 0 Å². The van der Waals surface area contributed by atoms with E-state index in [1.165, 1.54) is 18.5 Å². The molecule has 10 nitrogen and oxygen atoms in total. The first-order valence-electron chi connectivity index (χ1n) is 9.71. The Bertz CT molecular complexity index is 845. The zero-order chi connectivity index (χ0) is 20.8. The van der Waals surface area contributed by atoms with Gasteiger partial charge < -0.3 is 5.21 Å². The second-order valence-electron chi connectivity index (χ2n) is 7.40. The molecule has 3 amide bonds. The molecule has 0 saturated heterocycles. The maximum absolute atomic E-state index is 13.1. The lowest BCUT2D eigenvalue weighted by atomic mass is 9.92. The molecular formula is C19H25N5O5. The zero-order valence-electron chi connectivity index (χ0n) is 16.0. The summed E-state index contributed by atoms with van der Waals surface area (Å²) in [6.07, 6.45) is 8.00. The van der Waals surface area contributed by atoms with Crippen molar-refractivity contribution in [2.24, 2.45) is 21.9 Å². The summed E-state index contributed by atoms with van der Waals surface area (Å²) in [6.45, 7) is -0.155. The highest BCUT2D eigenvalue weighted by molar-refractivity contribution is 5.93. The number of pyridine rings is 1. The molecule has 0 aromatic carbocycles. The molecule has 0 bridgehead atoms. The third-order valence-electron chi connectivity index (χ3n) is 5.35. The number of nitrogens with zero attached hydrogens (tertiary/aromatic N) is 5. The van der Waals surface area contributed by atoms with Gasteiger partial charge in [0.2, 0.25) is 12.3 Å². The quantitative estimate of drug-likeness (QED) is 0.301. The third kappa shape index (κ3) is 5.08. The van der Waals surface area contributed by atoms with Crippen LogP contribution in [0.1, 0.15) is 38.5 Å². The molecule has 1 fully saturated rings. The summed E-state index contributed by atoms with van der Waals surface area (Å²) >= 11 is 0. The first-order chi connectivity index (χ1) is 14.0. The lowest BCUT2D eigenvalue weighted by Crippen LogP contribution is -2.45. The van der Waals surface area contributed by atoms with Gasteiger partial charge in [0.25, 0.3) is 5.91 Å². The molecule has 3 rings (SSSR count). The van der Waals surface area contributed by atoms with E-state index in [1.54, 1.807) is 12.1 Å². The Kier molecular flexibility index (Phi) is 6.76. The van der Waals surface area contributed by atoms with Gasteiger partial charge in [-0.25, -0.2) is 10.1 Å². The predicted molar refractivity (Wildman–Crippen MR) is 101 cm³/mol. The van der Waals surface area contributed by atoms with Crippen LogP contribution in [0.15, 0.2) is 34.5 Å². The Hall–Kier alpha value is -3.01. The molecule has 2 heterocycles. The van der Waals surface area contributed by atoms with E-state index < -0.39 is 23.8 Å². The summed E-state index contributed by atoms with van der Waals surface area (Å²) in [5, 5.41) is 25.0. The van der Waals surface area contributed by atoms with E-state index in [2.05, 4.69) is 10.1 Å². The fraction of sp³-hybridized carbons (Fsp3) is 0.526. The maximum Gasteiger partial charge on any atom is 0.273 e. The van der Waals surface area contributed by atoms with Crippen molar-refractivity contribution in [3.63, 3.8) is 0 Å². The third-order valence-corrected chi connectivity index (χ3v) is 5.35. The molecule has 0 radical (unpaired) electrons. The van der Waals surface area contributed by atoms with Crippen LogP contribution in [0.5, 0.6) is 0 Å². The van der Waals surface area contributed by atoms with Crippen molar-refractivity contribution in [3.8, 4) is 0 Å². The Morgan fingerprint density at radius 3 is 2.79 bits per heavy atom. The number of hydrogen-bond acceptors (Lipinski definition) is 6. The second kappa shape index (κ2) is 9.46. The minimum atomic E-state index is -0.919. The van der Waals surface area contributed by atoms with Gasteiger partial charge in [0.15, 0.2) is 5.49 Å². The monoisotopic (exact) mass is 403 g/mol. The molecular weight excluding hydrogens is 378 g/mol. The fourth-order valence-corrected chi connectivity index (χ4v) is 3.89. The molecule has 0 spiro atoms. The maximum atomic E-state index is 13.1. The van der Waals surface area contributed by atoms with Gasteiger partial charge in [-0.15, -0.1) is 0 Å². The van der Waals surface area contributed by atoms with Gasteiger partial charge in [0.1, 0.15) is 6.04 Å². The van der Waals surface area contributed by atoms with Crippen LogP contribution in [0.3, 0.4) is 0 Å². The molecule has 10 heteroatoms. The molecule has 29 heavy (non-hydrogen) atoms. The summed E-state index contributed by atoms with van der Waals surface area (Å²) in [5.74, 6) is -1.36. The summed E-state index contributed by atoms with van der Waals surface area (Å²) < 4.78 is 0.719. The van der Waals surface area contributed by atoms with Gasteiger partial charge in [0, 0.05) is 18.8 Å². The number of aromatic nitrogens is 1. The van der Waals surface area contributed by atoms with Crippen LogP contribution >= 0.6 is 0 Å². The van der Waals surface area contributed by atoms with E-state index >= 15 is 0 Å². The Balaban J connectivity index is 1.77. The van der Waals surface area contributed by atoms with Crippen LogP contribution in [0.4, 0.5) is 0 Å². The van der Waals surface area contributed by atoms with Crippen molar-refractivity contribution in [1.29, 1.82) is 0 Å². The summed E-state index contributed by atoms with van der Waals surface area (Å²) in [4.78, 5) is 40.5. The second-order valence-corrected chi connectivity index (χ2v) is 7.40. The fourth-order valence-electron chi connectivity index (χ4n) is 3.89. The molecule has 2 atom stereocenters. The van der Waals surface area contributed by atoms with Gasteiger partial charge >= 0.3 is 0 Å². The molecule has 1 aromatic heterocycles. The van der Waals surface area contributed by atoms with Crippen molar-refractivity contribution >= 4 is 24.4 Å². The van der Waals surface area contributed by atoms with Crippen LogP contribution in [-0.4, -0.2) is 62.2 Å². The number of carbonyl (C=O) groups excluding carboxylic acids is 3. The molecule has 0 unspecified atom stereocenters. The van der Waals surface area contributed by atoms with E-state index in [0.717, 1.165) is 35.4 Å². The highest BCUT2D eigenvalue weighted by Gasteiger charge is 2.38. The van der Waals surface area contributed by atoms with Crippen LogP contribution in [0, 0.1) is 11.8 Å². The molecule has 1 aliphatic heterocycles. The summed E-state index contributed by atoms with van der Waals surface area (Å²) in [6, 6.07) is 3.76. The largest absolute Gasteiger partial charge is 0.427 e. The van der Waals surface area contributed by atoms with Crippen LogP contribution in [0.2, 0.25) is 0 Å². The highest BCUT2D eigenvalue weighted by atomic mass is 16.5. The number of hydrazone groups is 1. The van der Waals surface area contributed by atoms with Crippen molar-refractivity contribution < 1.29 is 24.8 Å². The smallest absolute Gasteiger partial charge is 0.273 e. The Morgan fingerprint density at radius 1 is 1.34 bits per heavy atom. The van der Waals surface area contributed by atoms with Crippen LogP contribution < -0.4 is 5.49 Å². The minimum Gasteiger partial charge on any atom is -0.427 e. The Labute approximate surface area is 167 Å². The number of hydroxylamine groups is 2. The first kappa shape index (κ1) is 20.7. The number of carbonyl (C=O) groups is 3. The van der Waals surface area contributed by atoms with E-state index in [-0.39, 0.29) is 24.9 Å². The van der Waals surface area contributed by atoms with Gasteiger partial charge in [-0.1, -0.05) is 31.7 Å². The predicted octanol–water partition coefficient (Wildman–Crippen LogP) is 0.784. The minimum absolute atomic E-state index is 0.0433. The van der Waals surface area contributed by atoms with Gasteiger partial charge in [-0.3, -0.25) is 19.6 Å². The van der Waals surface area contributed by atoms with Crippen molar-refractivity contribution in [2.75, 3.05) is 6.54 Å². The number of hydrogen-bond donors (Lipinski definition) is 2. The normalized spacial score (nSPS) is 20.8.